The summed E-state index contributed by atoms with van der Waals surface area (Å²) in [7, 11) is 0. The van der Waals surface area contributed by atoms with Crippen molar-refractivity contribution in [1.82, 2.24) is 19.6 Å². The summed E-state index contributed by atoms with van der Waals surface area (Å²) in [6.07, 6.45) is 4.25. The number of aromatic nitrogens is 2. The third-order valence-corrected chi connectivity index (χ3v) is 7.23. The standard InChI is InChI=1S/C24H27BrN4O3/c1-23(2,32)18-9-17(25)12-29-13-19(27-21(18)29)22(31)28-8-7-24(20(30)14-28)10-15-5-3-4-6-16(15)11-26-24/h3-6,9,12-13,20,26,30,32H,7-8,10-11,14H2,1-2H3. The minimum absolute atomic E-state index is 0.211. The van der Waals surface area contributed by atoms with Crippen LogP contribution in [-0.4, -0.2) is 55.1 Å². The molecule has 1 amide bonds. The number of nitrogens with one attached hydrogen (secondary N) is 1. The van der Waals surface area contributed by atoms with E-state index in [1.54, 1.807) is 29.3 Å². The molecule has 1 saturated heterocycles. The van der Waals surface area contributed by atoms with Crippen LogP contribution in [0.15, 0.2) is 47.2 Å². The normalized spacial score (nSPS) is 23.5. The highest BCUT2D eigenvalue weighted by Crippen LogP contribution is 2.33. The number of hydrogen-bond donors (Lipinski definition) is 3. The van der Waals surface area contributed by atoms with E-state index in [2.05, 4.69) is 38.4 Å². The van der Waals surface area contributed by atoms with Gasteiger partial charge in [-0.2, -0.15) is 0 Å². The number of likely N-dealkylation sites (tertiary alicyclic amines) is 1. The van der Waals surface area contributed by atoms with Gasteiger partial charge < -0.3 is 24.8 Å². The molecule has 4 heterocycles. The Balaban J connectivity index is 1.38. The topological polar surface area (TPSA) is 90.1 Å². The monoisotopic (exact) mass is 498 g/mol. The summed E-state index contributed by atoms with van der Waals surface area (Å²) in [4.78, 5) is 19.5. The van der Waals surface area contributed by atoms with Crippen LogP contribution >= 0.6 is 15.9 Å². The van der Waals surface area contributed by atoms with Gasteiger partial charge in [-0.1, -0.05) is 24.3 Å². The third-order valence-electron chi connectivity index (χ3n) is 6.80. The SMILES string of the molecule is CC(C)(O)c1cc(Br)cn2cc(C(=O)N3CCC4(Cc5ccccc5CN4)C(O)C3)nc12. The summed E-state index contributed by atoms with van der Waals surface area (Å²) >= 11 is 3.46. The molecule has 2 aromatic heterocycles. The van der Waals surface area contributed by atoms with Gasteiger partial charge >= 0.3 is 0 Å². The summed E-state index contributed by atoms with van der Waals surface area (Å²) in [5.74, 6) is -0.211. The summed E-state index contributed by atoms with van der Waals surface area (Å²) in [6, 6.07) is 10.1. The molecule has 0 radical (unpaired) electrons. The Labute approximate surface area is 195 Å². The summed E-state index contributed by atoms with van der Waals surface area (Å²) in [5.41, 5.74) is 2.49. The fourth-order valence-electron chi connectivity index (χ4n) is 4.93. The number of carbonyl (C=O) groups excluding carboxylic acids is 1. The molecule has 1 spiro atoms. The number of piperidine rings is 1. The average molecular weight is 499 g/mol. The third kappa shape index (κ3) is 3.65. The second kappa shape index (κ2) is 7.66. The number of hydrogen-bond acceptors (Lipinski definition) is 5. The van der Waals surface area contributed by atoms with Gasteiger partial charge in [0.2, 0.25) is 0 Å². The first-order valence-electron chi connectivity index (χ1n) is 10.9. The molecule has 32 heavy (non-hydrogen) atoms. The lowest BCUT2D eigenvalue weighted by Crippen LogP contribution is -2.65. The van der Waals surface area contributed by atoms with E-state index in [1.165, 1.54) is 11.1 Å². The van der Waals surface area contributed by atoms with Crippen LogP contribution in [0.1, 0.15) is 47.4 Å². The molecule has 8 heteroatoms. The molecule has 7 nitrogen and oxygen atoms in total. The van der Waals surface area contributed by atoms with Gasteiger partial charge in [-0.3, -0.25) is 4.79 Å². The van der Waals surface area contributed by atoms with Crippen molar-refractivity contribution in [2.24, 2.45) is 0 Å². The van der Waals surface area contributed by atoms with Crippen molar-refractivity contribution in [1.29, 1.82) is 0 Å². The van der Waals surface area contributed by atoms with Gasteiger partial charge in [0.15, 0.2) is 0 Å². The quantitative estimate of drug-likeness (QED) is 0.505. The number of carbonyl (C=O) groups is 1. The van der Waals surface area contributed by atoms with Gasteiger partial charge in [0.05, 0.1) is 17.2 Å². The molecule has 2 atom stereocenters. The van der Waals surface area contributed by atoms with Crippen molar-refractivity contribution in [2.75, 3.05) is 13.1 Å². The second-order valence-electron chi connectivity index (χ2n) is 9.46. The van der Waals surface area contributed by atoms with E-state index in [-0.39, 0.29) is 12.5 Å². The molecule has 0 bridgehead atoms. The fourth-order valence-corrected chi connectivity index (χ4v) is 5.38. The number of pyridine rings is 1. The predicted molar refractivity (Wildman–Crippen MR) is 124 cm³/mol. The van der Waals surface area contributed by atoms with Crippen LogP contribution < -0.4 is 5.32 Å². The summed E-state index contributed by atoms with van der Waals surface area (Å²) < 4.78 is 2.55. The van der Waals surface area contributed by atoms with Crippen molar-refractivity contribution in [3.05, 3.63) is 69.6 Å². The van der Waals surface area contributed by atoms with Gasteiger partial charge in [0.25, 0.3) is 5.91 Å². The van der Waals surface area contributed by atoms with E-state index >= 15 is 0 Å². The molecular weight excluding hydrogens is 472 g/mol. The molecule has 0 aliphatic carbocycles. The first-order chi connectivity index (χ1) is 15.2. The minimum Gasteiger partial charge on any atom is -0.389 e. The molecule has 1 fully saturated rings. The Morgan fingerprint density at radius 2 is 2.03 bits per heavy atom. The van der Waals surface area contributed by atoms with Crippen molar-refractivity contribution < 1.29 is 15.0 Å². The highest BCUT2D eigenvalue weighted by molar-refractivity contribution is 9.10. The van der Waals surface area contributed by atoms with Crippen molar-refractivity contribution in [2.45, 2.75) is 50.5 Å². The lowest BCUT2D eigenvalue weighted by molar-refractivity contribution is -0.0140. The highest BCUT2D eigenvalue weighted by Gasteiger charge is 2.45. The number of fused-ring (bicyclic) bond motifs is 2. The largest absolute Gasteiger partial charge is 0.389 e. The molecule has 3 N–H and O–H groups in total. The number of imidazole rings is 1. The zero-order chi connectivity index (χ0) is 22.7. The molecule has 168 valence electrons. The number of aliphatic hydroxyl groups excluding tert-OH is 1. The Morgan fingerprint density at radius 1 is 1.28 bits per heavy atom. The Hall–Kier alpha value is -2.26. The molecule has 2 unspecified atom stereocenters. The number of rotatable bonds is 2. The van der Waals surface area contributed by atoms with Crippen LogP contribution in [0.2, 0.25) is 0 Å². The number of halogens is 1. The van der Waals surface area contributed by atoms with Gasteiger partial charge in [-0.25, -0.2) is 4.98 Å². The zero-order valence-corrected chi connectivity index (χ0v) is 19.8. The molecule has 5 rings (SSSR count). The van der Waals surface area contributed by atoms with Crippen LogP contribution in [0.4, 0.5) is 0 Å². The fraction of sp³-hybridized carbons (Fsp3) is 0.417. The molecule has 1 aromatic carbocycles. The van der Waals surface area contributed by atoms with Crippen LogP contribution in [0, 0.1) is 0 Å². The van der Waals surface area contributed by atoms with Crippen LogP contribution in [0.3, 0.4) is 0 Å². The molecular formula is C24H27BrN4O3. The molecule has 3 aromatic rings. The van der Waals surface area contributed by atoms with Gasteiger partial charge in [0, 0.05) is 42.1 Å². The van der Waals surface area contributed by atoms with Crippen LogP contribution in [0.25, 0.3) is 5.65 Å². The van der Waals surface area contributed by atoms with E-state index < -0.39 is 17.2 Å². The van der Waals surface area contributed by atoms with E-state index in [0.29, 0.717) is 29.9 Å². The minimum atomic E-state index is -1.10. The van der Waals surface area contributed by atoms with E-state index in [4.69, 9.17) is 0 Å². The zero-order valence-electron chi connectivity index (χ0n) is 18.2. The number of benzene rings is 1. The number of aliphatic hydroxyl groups is 2. The maximum absolute atomic E-state index is 13.3. The first kappa shape index (κ1) is 21.6. The maximum Gasteiger partial charge on any atom is 0.274 e. The average Bonchev–Trinajstić information content (AvgIpc) is 3.17. The summed E-state index contributed by atoms with van der Waals surface area (Å²) in [5, 5.41) is 25.2. The van der Waals surface area contributed by atoms with Gasteiger partial charge in [-0.05, 0) is 59.8 Å². The Bertz CT molecular complexity index is 1200. The highest BCUT2D eigenvalue weighted by atomic mass is 79.9. The van der Waals surface area contributed by atoms with Gasteiger partial charge in [-0.15, -0.1) is 0 Å². The van der Waals surface area contributed by atoms with Crippen molar-refractivity contribution in [3.63, 3.8) is 0 Å². The maximum atomic E-state index is 13.3. The van der Waals surface area contributed by atoms with E-state index in [0.717, 1.165) is 17.4 Å². The predicted octanol–water partition coefficient (Wildman–Crippen LogP) is 2.62. The second-order valence-corrected chi connectivity index (χ2v) is 10.4. The smallest absolute Gasteiger partial charge is 0.274 e. The first-order valence-corrected chi connectivity index (χ1v) is 11.7. The Kier molecular flexibility index (Phi) is 5.16. The molecule has 2 aliphatic heterocycles. The van der Waals surface area contributed by atoms with Crippen LogP contribution in [-0.2, 0) is 18.6 Å². The Morgan fingerprint density at radius 3 is 2.75 bits per heavy atom. The molecule has 0 saturated carbocycles. The van der Waals surface area contributed by atoms with Gasteiger partial charge in [0.1, 0.15) is 11.3 Å². The van der Waals surface area contributed by atoms with E-state index in [1.807, 2.05) is 24.4 Å². The number of β-amino-alcohol motifs (C(OH)–C–C–N with tert-alkyl or cyclic N) is 1. The van der Waals surface area contributed by atoms with Crippen molar-refractivity contribution >= 4 is 27.5 Å². The van der Waals surface area contributed by atoms with E-state index in [9.17, 15) is 15.0 Å². The lowest BCUT2D eigenvalue weighted by Gasteiger charge is -2.48. The summed E-state index contributed by atoms with van der Waals surface area (Å²) in [6.45, 7) is 4.91. The number of amides is 1. The van der Waals surface area contributed by atoms with Crippen LogP contribution in [0.5, 0.6) is 0 Å². The van der Waals surface area contributed by atoms with Crippen molar-refractivity contribution in [3.8, 4) is 0 Å². The molecule has 2 aliphatic rings. The lowest BCUT2D eigenvalue weighted by atomic mass is 9.76. The number of nitrogens with zero attached hydrogens (tertiary/aromatic N) is 3.